The Morgan fingerprint density at radius 1 is 1.23 bits per heavy atom. The van der Waals surface area contributed by atoms with E-state index in [4.69, 9.17) is 4.74 Å². The smallest absolute Gasteiger partial charge is 0.283 e. The van der Waals surface area contributed by atoms with Crippen LogP contribution in [0.15, 0.2) is 41.6 Å². The lowest BCUT2D eigenvalue weighted by molar-refractivity contribution is -0.118. The van der Waals surface area contributed by atoms with Crippen molar-refractivity contribution in [1.29, 1.82) is 0 Å². The van der Waals surface area contributed by atoms with Crippen LogP contribution < -0.4 is 9.46 Å². The number of methoxy groups -OCH3 is 1. The van der Waals surface area contributed by atoms with Crippen LogP contribution in [-0.2, 0) is 34.8 Å². The number of sulfonamides is 1. The molecule has 0 aliphatic rings. The number of rotatable bonds is 9. The van der Waals surface area contributed by atoms with Crippen LogP contribution in [0.5, 0.6) is 5.88 Å². The van der Waals surface area contributed by atoms with Crippen LogP contribution in [0.2, 0.25) is 0 Å². The first-order valence-corrected chi connectivity index (χ1v) is 12.5. The highest BCUT2D eigenvalue weighted by Gasteiger charge is 2.25. The Bertz CT molecular complexity index is 1340. The molecular weight excluding hydrogens is 473 g/mol. The van der Waals surface area contributed by atoms with E-state index in [1.165, 1.54) is 36.2 Å². The Balaban J connectivity index is 1.96. The van der Waals surface area contributed by atoms with E-state index in [0.29, 0.717) is 40.4 Å². The normalized spacial score (nSPS) is 11.8. The third-order valence-corrected chi connectivity index (χ3v) is 6.67. The minimum Gasteiger partial charge on any atom is -0.481 e. The average molecular weight is 504 g/mol. The second-order valence-electron chi connectivity index (χ2n) is 8.80. The summed E-state index contributed by atoms with van der Waals surface area (Å²) in [5, 5.41) is 3.81. The van der Waals surface area contributed by atoms with Crippen molar-refractivity contribution >= 4 is 15.9 Å². The molecule has 2 aromatic heterocycles. The third kappa shape index (κ3) is 6.23. The van der Waals surface area contributed by atoms with E-state index < -0.39 is 21.7 Å². The number of aromatic nitrogens is 3. The SMILES string of the molecule is COc1cc(-c2cc(F)cc(C(C)C)c2CC(=O)NS(=O)(=O)c2cc(CN(C)C)n(C)n2)ccn1. The molecule has 0 unspecified atom stereocenters. The molecule has 9 nitrogen and oxygen atoms in total. The molecule has 3 aromatic rings. The predicted octanol–water partition coefficient (Wildman–Crippen LogP) is 2.86. The van der Waals surface area contributed by atoms with Crippen LogP contribution in [-0.4, -0.2) is 55.2 Å². The summed E-state index contributed by atoms with van der Waals surface area (Å²) >= 11 is 0. The first kappa shape index (κ1) is 26.3. The number of amides is 1. The summed E-state index contributed by atoms with van der Waals surface area (Å²) in [5.74, 6) is -0.991. The van der Waals surface area contributed by atoms with Gasteiger partial charge in [0.25, 0.3) is 10.0 Å². The molecule has 11 heteroatoms. The second-order valence-corrected chi connectivity index (χ2v) is 10.4. The maximum atomic E-state index is 14.5. The number of hydrogen-bond donors (Lipinski definition) is 1. The number of nitrogens with one attached hydrogen (secondary N) is 1. The van der Waals surface area contributed by atoms with Crippen molar-refractivity contribution in [3.05, 3.63) is 59.2 Å². The van der Waals surface area contributed by atoms with Crippen molar-refractivity contribution in [3.63, 3.8) is 0 Å². The van der Waals surface area contributed by atoms with E-state index in [0.717, 1.165) is 0 Å². The monoisotopic (exact) mass is 503 g/mol. The molecule has 35 heavy (non-hydrogen) atoms. The number of carbonyl (C=O) groups excluding carboxylic acids is 1. The second kappa shape index (κ2) is 10.5. The Hall–Kier alpha value is -3.31. The largest absolute Gasteiger partial charge is 0.481 e. The van der Waals surface area contributed by atoms with Crippen LogP contribution in [0.4, 0.5) is 4.39 Å². The Labute approximate surface area is 205 Å². The molecular formula is C24H30FN5O4S. The van der Waals surface area contributed by atoms with E-state index in [-0.39, 0.29) is 17.4 Å². The summed E-state index contributed by atoms with van der Waals surface area (Å²) in [5.41, 5.74) is 2.87. The third-order valence-electron chi connectivity index (χ3n) is 5.42. The Kier molecular flexibility index (Phi) is 7.91. The number of hydrogen-bond acceptors (Lipinski definition) is 7. The highest BCUT2D eigenvalue weighted by Crippen LogP contribution is 2.33. The molecule has 0 aliphatic heterocycles. The molecule has 188 valence electrons. The number of pyridine rings is 1. The van der Waals surface area contributed by atoms with E-state index in [2.05, 4.69) is 14.8 Å². The molecule has 0 aliphatic carbocycles. The van der Waals surface area contributed by atoms with E-state index in [1.807, 2.05) is 32.8 Å². The number of carbonyl (C=O) groups is 1. The quantitative estimate of drug-likeness (QED) is 0.479. The number of ether oxygens (including phenoxy) is 1. The fourth-order valence-corrected chi connectivity index (χ4v) is 4.79. The van der Waals surface area contributed by atoms with Crippen LogP contribution >= 0.6 is 0 Å². The Morgan fingerprint density at radius 2 is 1.94 bits per heavy atom. The molecule has 2 heterocycles. The maximum absolute atomic E-state index is 14.5. The van der Waals surface area contributed by atoms with Gasteiger partial charge in [-0.15, -0.1) is 0 Å². The van der Waals surface area contributed by atoms with Gasteiger partial charge in [0.2, 0.25) is 11.8 Å². The lowest BCUT2D eigenvalue weighted by Gasteiger charge is -2.18. The van der Waals surface area contributed by atoms with Gasteiger partial charge in [-0.1, -0.05) is 13.8 Å². The van der Waals surface area contributed by atoms with Crippen LogP contribution in [0.1, 0.15) is 36.6 Å². The van der Waals surface area contributed by atoms with Gasteiger partial charge >= 0.3 is 0 Å². The summed E-state index contributed by atoms with van der Waals surface area (Å²) < 4.78 is 49.1. The molecule has 1 N–H and O–H groups in total. The van der Waals surface area contributed by atoms with E-state index in [1.54, 1.807) is 19.2 Å². The van der Waals surface area contributed by atoms with Gasteiger partial charge in [0, 0.05) is 31.9 Å². The van der Waals surface area contributed by atoms with Gasteiger partial charge in [0.05, 0.1) is 19.2 Å². The highest BCUT2D eigenvalue weighted by atomic mass is 32.2. The van der Waals surface area contributed by atoms with E-state index in [9.17, 15) is 17.6 Å². The summed E-state index contributed by atoms with van der Waals surface area (Å²) in [6, 6.07) is 7.44. The zero-order valence-corrected chi connectivity index (χ0v) is 21.5. The summed E-state index contributed by atoms with van der Waals surface area (Å²) in [4.78, 5) is 18.9. The number of halogens is 1. The van der Waals surface area contributed by atoms with Crippen molar-refractivity contribution in [2.75, 3.05) is 21.2 Å². The molecule has 0 spiro atoms. The molecule has 0 saturated carbocycles. The first-order chi connectivity index (χ1) is 16.4. The predicted molar refractivity (Wildman–Crippen MR) is 130 cm³/mol. The first-order valence-electron chi connectivity index (χ1n) is 11.0. The van der Waals surface area contributed by atoms with Gasteiger partial charge in [0.15, 0.2) is 5.03 Å². The van der Waals surface area contributed by atoms with Gasteiger partial charge in [-0.05, 0) is 60.5 Å². The number of aryl methyl sites for hydroxylation is 1. The van der Waals surface area contributed by atoms with Crippen LogP contribution in [0, 0.1) is 5.82 Å². The van der Waals surface area contributed by atoms with Gasteiger partial charge in [-0.3, -0.25) is 9.48 Å². The van der Waals surface area contributed by atoms with Crippen molar-refractivity contribution in [2.45, 2.75) is 37.8 Å². The van der Waals surface area contributed by atoms with Crippen molar-refractivity contribution < 1.29 is 22.3 Å². The minimum absolute atomic E-state index is 0.114. The highest BCUT2D eigenvalue weighted by molar-refractivity contribution is 7.90. The lowest BCUT2D eigenvalue weighted by atomic mass is 9.88. The molecule has 0 bridgehead atoms. The molecule has 0 saturated heterocycles. The lowest BCUT2D eigenvalue weighted by Crippen LogP contribution is -2.32. The number of benzene rings is 1. The average Bonchev–Trinajstić information content (AvgIpc) is 3.14. The number of nitrogens with zero attached hydrogens (tertiary/aromatic N) is 4. The molecule has 0 atom stereocenters. The minimum atomic E-state index is -4.20. The van der Waals surface area contributed by atoms with Crippen molar-refractivity contribution in [2.24, 2.45) is 7.05 Å². The van der Waals surface area contributed by atoms with Gasteiger partial charge in [0.1, 0.15) is 5.82 Å². The maximum Gasteiger partial charge on any atom is 0.283 e. The molecule has 0 radical (unpaired) electrons. The summed E-state index contributed by atoms with van der Waals surface area (Å²) in [7, 11) is 2.62. The standard InChI is InChI=1S/C24H30FN5O4S/c1-15(2)19-10-17(25)11-20(16-7-8-26-23(9-16)34-6)21(19)13-22(31)28-35(32,33)24-12-18(14-29(3)4)30(5)27-24/h7-12,15H,13-14H2,1-6H3,(H,28,31). The topological polar surface area (TPSA) is 106 Å². The summed E-state index contributed by atoms with van der Waals surface area (Å²) in [6.45, 7) is 4.24. The summed E-state index contributed by atoms with van der Waals surface area (Å²) in [6.07, 6.45) is 1.25. The zero-order chi connectivity index (χ0) is 25.9. The fourth-order valence-electron chi connectivity index (χ4n) is 3.80. The van der Waals surface area contributed by atoms with Crippen molar-refractivity contribution in [3.8, 4) is 17.0 Å². The van der Waals surface area contributed by atoms with Crippen LogP contribution in [0.3, 0.4) is 0 Å². The van der Waals surface area contributed by atoms with Gasteiger partial charge in [-0.25, -0.2) is 14.1 Å². The van der Waals surface area contributed by atoms with Crippen molar-refractivity contribution in [1.82, 2.24) is 24.4 Å². The fraction of sp³-hybridized carbons (Fsp3) is 0.375. The molecule has 0 fully saturated rings. The Morgan fingerprint density at radius 3 is 2.57 bits per heavy atom. The zero-order valence-electron chi connectivity index (χ0n) is 20.7. The molecule has 1 amide bonds. The van der Waals surface area contributed by atoms with E-state index >= 15 is 0 Å². The molecule has 3 rings (SSSR count). The van der Waals surface area contributed by atoms with Gasteiger partial charge in [-0.2, -0.15) is 13.5 Å². The van der Waals surface area contributed by atoms with Gasteiger partial charge < -0.3 is 9.64 Å². The molecule has 1 aromatic carbocycles. The van der Waals surface area contributed by atoms with Crippen LogP contribution in [0.25, 0.3) is 11.1 Å².